The van der Waals surface area contributed by atoms with Crippen LogP contribution in [0, 0.1) is 13.8 Å². The van der Waals surface area contributed by atoms with Crippen LogP contribution in [0.3, 0.4) is 0 Å². The van der Waals surface area contributed by atoms with Crippen molar-refractivity contribution in [1.82, 2.24) is 4.98 Å². The first-order valence-electron chi connectivity index (χ1n) is 5.78. The van der Waals surface area contributed by atoms with Gasteiger partial charge in [0.2, 0.25) is 0 Å². The van der Waals surface area contributed by atoms with Crippen LogP contribution in [0.25, 0.3) is 0 Å². The van der Waals surface area contributed by atoms with Gasteiger partial charge < -0.3 is 11.1 Å². The molecule has 1 aromatic heterocycles. The number of rotatable bonds is 2. The summed E-state index contributed by atoms with van der Waals surface area (Å²) in [6.07, 6.45) is 0. The highest BCUT2D eigenvalue weighted by molar-refractivity contribution is 9.10. The highest BCUT2D eigenvalue weighted by atomic mass is 79.9. The Kier molecular flexibility index (Phi) is 3.85. The summed E-state index contributed by atoms with van der Waals surface area (Å²) in [7, 11) is 0. The van der Waals surface area contributed by atoms with Crippen molar-refractivity contribution in [1.29, 1.82) is 0 Å². The highest BCUT2D eigenvalue weighted by Crippen LogP contribution is 2.18. The number of carbonyl (C=O) groups is 1. The number of nitrogens with one attached hydrogen (secondary N) is 1. The van der Waals surface area contributed by atoms with E-state index < -0.39 is 0 Å². The maximum Gasteiger partial charge on any atom is 0.257 e. The van der Waals surface area contributed by atoms with Crippen LogP contribution in [0.15, 0.2) is 34.8 Å². The molecule has 98 valence electrons. The molecule has 1 heterocycles. The standard InChI is InChI=1S/C14H14BrN3O/c1-8-7-10(16)3-4-11(8)14(19)18-13-6-5-12(15)9(2)17-13/h3-7H,16H2,1-2H3,(H,17,18,19). The minimum absolute atomic E-state index is 0.188. The summed E-state index contributed by atoms with van der Waals surface area (Å²) in [4.78, 5) is 16.4. The molecule has 0 atom stereocenters. The van der Waals surface area contributed by atoms with E-state index in [4.69, 9.17) is 5.73 Å². The monoisotopic (exact) mass is 319 g/mol. The van der Waals surface area contributed by atoms with Gasteiger partial charge in [-0.3, -0.25) is 4.79 Å². The lowest BCUT2D eigenvalue weighted by molar-refractivity contribution is 0.102. The van der Waals surface area contributed by atoms with Crippen LogP contribution in [0.1, 0.15) is 21.6 Å². The molecule has 0 saturated heterocycles. The molecule has 2 rings (SSSR count). The lowest BCUT2D eigenvalue weighted by atomic mass is 10.1. The zero-order valence-corrected chi connectivity index (χ0v) is 12.3. The quantitative estimate of drug-likeness (QED) is 0.834. The number of nitrogen functional groups attached to an aromatic ring is 1. The van der Waals surface area contributed by atoms with Gasteiger partial charge in [-0.15, -0.1) is 0 Å². The van der Waals surface area contributed by atoms with E-state index in [9.17, 15) is 4.79 Å². The van der Waals surface area contributed by atoms with E-state index in [0.717, 1.165) is 15.7 Å². The summed E-state index contributed by atoms with van der Waals surface area (Å²) in [6, 6.07) is 8.80. The van der Waals surface area contributed by atoms with Crippen molar-refractivity contribution in [3.8, 4) is 0 Å². The van der Waals surface area contributed by atoms with E-state index in [1.807, 2.05) is 19.9 Å². The fourth-order valence-electron chi connectivity index (χ4n) is 1.74. The Morgan fingerprint density at radius 2 is 2.00 bits per heavy atom. The minimum atomic E-state index is -0.188. The molecule has 4 nitrogen and oxygen atoms in total. The number of anilines is 2. The van der Waals surface area contributed by atoms with Crippen LogP contribution in [0.5, 0.6) is 0 Å². The second kappa shape index (κ2) is 5.40. The molecule has 3 N–H and O–H groups in total. The topological polar surface area (TPSA) is 68.0 Å². The normalized spacial score (nSPS) is 10.3. The molecule has 19 heavy (non-hydrogen) atoms. The molecule has 0 radical (unpaired) electrons. The Bertz CT molecular complexity index is 641. The van der Waals surface area contributed by atoms with Gasteiger partial charge in [0.1, 0.15) is 5.82 Å². The Hall–Kier alpha value is -1.88. The van der Waals surface area contributed by atoms with E-state index in [1.54, 1.807) is 24.3 Å². The number of hydrogen-bond acceptors (Lipinski definition) is 3. The second-order valence-corrected chi connectivity index (χ2v) is 5.15. The third-order valence-corrected chi connectivity index (χ3v) is 3.60. The summed E-state index contributed by atoms with van der Waals surface area (Å²) in [6.45, 7) is 3.72. The van der Waals surface area contributed by atoms with Crippen molar-refractivity contribution in [2.24, 2.45) is 0 Å². The van der Waals surface area contributed by atoms with Crippen molar-refractivity contribution in [3.63, 3.8) is 0 Å². The van der Waals surface area contributed by atoms with Crippen molar-refractivity contribution in [3.05, 3.63) is 51.6 Å². The second-order valence-electron chi connectivity index (χ2n) is 4.29. The number of pyridine rings is 1. The van der Waals surface area contributed by atoms with E-state index in [0.29, 0.717) is 17.1 Å². The van der Waals surface area contributed by atoms with Crippen LogP contribution >= 0.6 is 15.9 Å². The molecule has 0 aliphatic heterocycles. The molecule has 0 bridgehead atoms. The van der Waals surface area contributed by atoms with Gasteiger partial charge in [-0.2, -0.15) is 0 Å². The van der Waals surface area contributed by atoms with E-state index >= 15 is 0 Å². The van der Waals surface area contributed by atoms with Crippen molar-refractivity contribution in [2.75, 3.05) is 11.1 Å². The first-order chi connectivity index (χ1) is 8.97. The minimum Gasteiger partial charge on any atom is -0.399 e. The molecule has 0 unspecified atom stereocenters. The van der Waals surface area contributed by atoms with Gasteiger partial charge in [0.25, 0.3) is 5.91 Å². The third kappa shape index (κ3) is 3.12. The predicted octanol–water partition coefficient (Wildman–Crippen LogP) is 3.30. The maximum atomic E-state index is 12.1. The molecular formula is C14H14BrN3O. The Balaban J connectivity index is 2.23. The fourth-order valence-corrected chi connectivity index (χ4v) is 1.96. The average molecular weight is 320 g/mol. The molecule has 1 aromatic carbocycles. The van der Waals surface area contributed by atoms with Crippen molar-refractivity contribution < 1.29 is 4.79 Å². The van der Waals surface area contributed by atoms with Crippen LogP contribution < -0.4 is 11.1 Å². The van der Waals surface area contributed by atoms with Gasteiger partial charge in [-0.25, -0.2) is 4.98 Å². The number of carbonyl (C=O) groups excluding carboxylic acids is 1. The molecule has 0 aliphatic rings. The average Bonchev–Trinajstić information content (AvgIpc) is 2.33. The van der Waals surface area contributed by atoms with E-state index in [1.165, 1.54) is 0 Å². The SMILES string of the molecule is Cc1cc(N)ccc1C(=O)Nc1ccc(Br)c(C)n1. The predicted molar refractivity (Wildman–Crippen MR) is 80.2 cm³/mol. The Labute approximate surface area is 120 Å². The van der Waals surface area contributed by atoms with Gasteiger partial charge in [0, 0.05) is 15.7 Å². The molecular weight excluding hydrogens is 306 g/mol. The number of nitrogens with zero attached hydrogens (tertiary/aromatic N) is 1. The number of aryl methyl sites for hydroxylation is 2. The number of nitrogens with two attached hydrogens (primary N) is 1. The fraction of sp³-hybridized carbons (Fsp3) is 0.143. The lowest BCUT2D eigenvalue weighted by Gasteiger charge is -2.08. The summed E-state index contributed by atoms with van der Waals surface area (Å²) in [5, 5.41) is 2.77. The van der Waals surface area contributed by atoms with Gasteiger partial charge >= 0.3 is 0 Å². The van der Waals surface area contributed by atoms with Crippen molar-refractivity contribution >= 4 is 33.3 Å². The molecule has 5 heteroatoms. The smallest absolute Gasteiger partial charge is 0.257 e. The lowest BCUT2D eigenvalue weighted by Crippen LogP contribution is -2.14. The van der Waals surface area contributed by atoms with Crippen LogP contribution in [-0.4, -0.2) is 10.9 Å². The third-order valence-electron chi connectivity index (χ3n) is 2.76. The number of hydrogen-bond donors (Lipinski definition) is 2. The summed E-state index contributed by atoms with van der Waals surface area (Å²) >= 11 is 3.37. The number of halogens is 1. The zero-order valence-electron chi connectivity index (χ0n) is 10.7. The molecule has 0 saturated carbocycles. The van der Waals surface area contributed by atoms with E-state index in [-0.39, 0.29) is 5.91 Å². The van der Waals surface area contributed by atoms with Gasteiger partial charge in [0.05, 0.1) is 5.69 Å². The summed E-state index contributed by atoms with van der Waals surface area (Å²) in [5.41, 5.74) is 8.57. The Morgan fingerprint density at radius 1 is 1.26 bits per heavy atom. The summed E-state index contributed by atoms with van der Waals surface area (Å²) < 4.78 is 0.911. The molecule has 1 amide bonds. The number of amides is 1. The molecule has 0 spiro atoms. The van der Waals surface area contributed by atoms with Gasteiger partial charge in [-0.1, -0.05) is 0 Å². The zero-order chi connectivity index (χ0) is 14.0. The first kappa shape index (κ1) is 13.5. The largest absolute Gasteiger partial charge is 0.399 e. The van der Waals surface area contributed by atoms with Gasteiger partial charge in [0.15, 0.2) is 0 Å². The van der Waals surface area contributed by atoms with Crippen LogP contribution in [0.4, 0.5) is 11.5 Å². The molecule has 0 aliphatic carbocycles. The molecule has 0 fully saturated rings. The van der Waals surface area contributed by atoms with E-state index in [2.05, 4.69) is 26.2 Å². The maximum absolute atomic E-state index is 12.1. The van der Waals surface area contributed by atoms with Crippen molar-refractivity contribution in [2.45, 2.75) is 13.8 Å². The Morgan fingerprint density at radius 3 is 2.63 bits per heavy atom. The van der Waals surface area contributed by atoms with Gasteiger partial charge in [-0.05, 0) is 65.7 Å². The molecule has 2 aromatic rings. The number of aromatic nitrogens is 1. The van der Waals surface area contributed by atoms with Crippen LogP contribution in [0.2, 0.25) is 0 Å². The first-order valence-corrected chi connectivity index (χ1v) is 6.57. The number of benzene rings is 1. The highest BCUT2D eigenvalue weighted by Gasteiger charge is 2.10. The summed E-state index contributed by atoms with van der Waals surface area (Å²) in [5.74, 6) is 0.341. The van der Waals surface area contributed by atoms with Crippen LogP contribution in [-0.2, 0) is 0 Å².